The van der Waals surface area contributed by atoms with Crippen LogP contribution < -0.4 is 5.73 Å². The maximum Gasteiger partial charge on any atom is 0.417 e. The lowest BCUT2D eigenvalue weighted by Crippen LogP contribution is -2.20. The van der Waals surface area contributed by atoms with Gasteiger partial charge in [-0.25, -0.2) is 4.39 Å². The third-order valence-corrected chi connectivity index (χ3v) is 2.07. The molecule has 0 fully saturated rings. The Kier molecular flexibility index (Phi) is 4.09. The molecule has 0 bridgehead atoms. The first-order valence-electron chi connectivity index (χ1n) is 5.03. The highest BCUT2D eigenvalue weighted by Crippen LogP contribution is 2.32. The van der Waals surface area contributed by atoms with Gasteiger partial charge in [-0.05, 0) is 24.6 Å². The highest BCUT2D eigenvalue weighted by Gasteiger charge is 2.34. The molecule has 6 heteroatoms. The molecular weight excluding hydrogens is 236 g/mol. The summed E-state index contributed by atoms with van der Waals surface area (Å²) in [6.45, 7) is 2.16. The van der Waals surface area contributed by atoms with Gasteiger partial charge in [0.1, 0.15) is 11.7 Å². The summed E-state index contributed by atoms with van der Waals surface area (Å²) >= 11 is 0. The van der Waals surface area contributed by atoms with Gasteiger partial charge < -0.3 is 5.73 Å². The van der Waals surface area contributed by atoms with Gasteiger partial charge in [0.15, 0.2) is 0 Å². The lowest BCUT2D eigenvalue weighted by molar-refractivity contribution is -0.137. The first-order chi connectivity index (χ1) is 7.86. The monoisotopic (exact) mass is 248 g/mol. The van der Waals surface area contributed by atoms with Crippen LogP contribution in [0.5, 0.6) is 0 Å². The van der Waals surface area contributed by atoms with Crippen LogP contribution in [0, 0.1) is 5.82 Å². The fraction of sp³-hybridized carbons (Fsp3) is 0.364. The molecule has 0 aliphatic heterocycles. The average molecular weight is 248 g/mol. The number of aliphatic imine (C=N–C) groups is 1. The number of nitrogens with two attached hydrogens (primary N) is 1. The van der Waals surface area contributed by atoms with E-state index in [4.69, 9.17) is 5.73 Å². The fourth-order valence-corrected chi connectivity index (χ4v) is 1.29. The number of benzene rings is 1. The molecule has 0 radical (unpaired) electrons. The summed E-state index contributed by atoms with van der Waals surface area (Å²) in [4.78, 5) is 3.79. The van der Waals surface area contributed by atoms with Crippen LogP contribution in [0.4, 0.5) is 17.6 Å². The number of rotatable bonds is 3. The molecule has 0 aliphatic rings. The fourth-order valence-electron chi connectivity index (χ4n) is 1.29. The van der Waals surface area contributed by atoms with Crippen LogP contribution in [0.1, 0.15) is 24.5 Å². The van der Waals surface area contributed by atoms with E-state index in [2.05, 4.69) is 4.99 Å². The van der Waals surface area contributed by atoms with E-state index in [0.29, 0.717) is 19.0 Å². The molecule has 0 unspecified atom stereocenters. The van der Waals surface area contributed by atoms with Crippen molar-refractivity contribution in [2.24, 2.45) is 10.7 Å². The van der Waals surface area contributed by atoms with Crippen molar-refractivity contribution >= 4 is 5.84 Å². The SMILES string of the molecule is CCCN=C(N)c1ccc(F)cc1C(F)(F)F. The van der Waals surface area contributed by atoms with Crippen LogP contribution >= 0.6 is 0 Å². The Morgan fingerprint density at radius 1 is 1.35 bits per heavy atom. The Hall–Kier alpha value is -1.59. The lowest BCUT2D eigenvalue weighted by Gasteiger charge is -2.12. The number of hydrogen-bond donors (Lipinski definition) is 1. The van der Waals surface area contributed by atoms with Gasteiger partial charge in [0, 0.05) is 12.1 Å². The number of hydrogen-bond acceptors (Lipinski definition) is 1. The molecule has 0 aliphatic carbocycles. The van der Waals surface area contributed by atoms with Crippen molar-refractivity contribution in [3.63, 3.8) is 0 Å². The zero-order valence-electron chi connectivity index (χ0n) is 9.18. The summed E-state index contributed by atoms with van der Waals surface area (Å²) in [6.07, 6.45) is -3.98. The van der Waals surface area contributed by atoms with Gasteiger partial charge in [-0.2, -0.15) is 13.2 Å². The second-order valence-electron chi connectivity index (χ2n) is 3.45. The first kappa shape index (κ1) is 13.5. The molecule has 94 valence electrons. The Bertz CT molecular complexity index is 424. The topological polar surface area (TPSA) is 38.4 Å². The molecule has 0 atom stereocenters. The highest BCUT2D eigenvalue weighted by molar-refractivity contribution is 5.99. The summed E-state index contributed by atoms with van der Waals surface area (Å²) in [5.41, 5.74) is 4.07. The van der Waals surface area contributed by atoms with Gasteiger partial charge >= 0.3 is 6.18 Å². The van der Waals surface area contributed by atoms with Gasteiger partial charge in [-0.1, -0.05) is 6.92 Å². The van der Waals surface area contributed by atoms with Crippen molar-refractivity contribution in [1.82, 2.24) is 0 Å². The van der Waals surface area contributed by atoms with Crippen molar-refractivity contribution in [2.45, 2.75) is 19.5 Å². The second kappa shape index (κ2) is 5.16. The standard InChI is InChI=1S/C11H12F4N2/c1-2-5-17-10(16)8-4-3-7(12)6-9(8)11(13,14)15/h3-4,6H,2,5H2,1H3,(H2,16,17). The highest BCUT2D eigenvalue weighted by atomic mass is 19.4. The van der Waals surface area contributed by atoms with Crippen LogP contribution in [0.25, 0.3) is 0 Å². The minimum atomic E-state index is -4.65. The molecule has 2 nitrogen and oxygen atoms in total. The van der Waals surface area contributed by atoms with Crippen molar-refractivity contribution in [1.29, 1.82) is 0 Å². The molecular formula is C11H12F4N2. The Morgan fingerprint density at radius 2 is 2.00 bits per heavy atom. The zero-order chi connectivity index (χ0) is 13.1. The smallest absolute Gasteiger partial charge is 0.383 e. The van der Waals surface area contributed by atoms with Crippen molar-refractivity contribution in [3.05, 3.63) is 35.1 Å². The second-order valence-corrected chi connectivity index (χ2v) is 3.45. The third kappa shape index (κ3) is 3.44. The Morgan fingerprint density at radius 3 is 2.53 bits per heavy atom. The van der Waals surface area contributed by atoms with Crippen LogP contribution in [0.2, 0.25) is 0 Å². The quantitative estimate of drug-likeness (QED) is 0.498. The van der Waals surface area contributed by atoms with Crippen molar-refractivity contribution < 1.29 is 17.6 Å². The molecule has 1 aromatic carbocycles. The van der Waals surface area contributed by atoms with E-state index >= 15 is 0 Å². The maximum absolute atomic E-state index is 12.8. The van der Waals surface area contributed by atoms with Crippen LogP contribution in [0.15, 0.2) is 23.2 Å². The van der Waals surface area contributed by atoms with Crippen molar-refractivity contribution in [2.75, 3.05) is 6.54 Å². The molecule has 1 rings (SSSR count). The van der Waals surface area contributed by atoms with Crippen LogP contribution in [0.3, 0.4) is 0 Å². The predicted octanol–water partition coefficient (Wildman–Crippen LogP) is 2.96. The van der Waals surface area contributed by atoms with E-state index in [0.717, 1.165) is 12.1 Å². The van der Waals surface area contributed by atoms with Gasteiger partial charge in [-0.15, -0.1) is 0 Å². The minimum Gasteiger partial charge on any atom is -0.383 e. The molecule has 0 amide bonds. The summed E-state index contributed by atoms with van der Waals surface area (Å²) in [6, 6.07) is 2.34. The average Bonchev–Trinajstić information content (AvgIpc) is 2.24. The summed E-state index contributed by atoms with van der Waals surface area (Å²) in [7, 11) is 0. The molecule has 17 heavy (non-hydrogen) atoms. The lowest BCUT2D eigenvalue weighted by atomic mass is 10.1. The van der Waals surface area contributed by atoms with E-state index in [1.54, 1.807) is 0 Å². The molecule has 0 aromatic heterocycles. The Balaban J connectivity index is 3.24. The molecule has 0 spiro atoms. The third-order valence-electron chi connectivity index (χ3n) is 2.07. The predicted molar refractivity (Wildman–Crippen MR) is 57.3 cm³/mol. The summed E-state index contributed by atoms with van der Waals surface area (Å²) < 4.78 is 50.7. The van der Waals surface area contributed by atoms with Crippen LogP contribution in [-0.4, -0.2) is 12.4 Å². The van der Waals surface area contributed by atoms with E-state index in [-0.39, 0.29) is 11.4 Å². The Labute approximate surface area is 96.2 Å². The van der Waals surface area contributed by atoms with Crippen LogP contribution in [-0.2, 0) is 6.18 Å². The van der Waals surface area contributed by atoms with E-state index < -0.39 is 17.6 Å². The van der Waals surface area contributed by atoms with E-state index in [1.807, 2.05) is 6.92 Å². The minimum absolute atomic E-state index is 0.223. The first-order valence-corrected chi connectivity index (χ1v) is 5.03. The van der Waals surface area contributed by atoms with E-state index in [9.17, 15) is 17.6 Å². The summed E-state index contributed by atoms with van der Waals surface area (Å²) in [5.74, 6) is -1.18. The van der Waals surface area contributed by atoms with Gasteiger partial charge in [0.25, 0.3) is 0 Å². The zero-order valence-corrected chi connectivity index (χ0v) is 9.18. The molecule has 0 saturated carbocycles. The van der Waals surface area contributed by atoms with Crippen molar-refractivity contribution in [3.8, 4) is 0 Å². The van der Waals surface area contributed by atoms with E-state index in [1.165, 1.54) is 0 Å². The molecule has 0 heterocycles. The molecule has 1 aromatic rings. The molecule has 2 N–H and O–H groups in total. The normalized spacial score (nSPS) is 12.9. The number of halogens is 4. The maximum atomic E-state index is 12.8. The van der Waals surface area contributed by atoms with Gasteiger partial charge in [0.05, 0.1) is 5.56 Å². The van der Waals surface area contributed by atoms with Gasteiger partial charge in [0.2, 0.25) is 0 Å². The number of nitrogens with zero attached hydrogens (tertiary/aromatic N) is 1. The summed E-state index contributed by atoms with van der Waals surface area (Å²) in [5, 5.41) is 0. The molecule has 0 saturated heterocycles. The number of alkyl halides is 3. The number of amidine groups is 1. The van der Waals surface area contributed by atoms with Gasteiger partial charge in [-0.3, -0.25) is 4.99 Å². The largest absolute Gasteiger partial charge is 0.417 e.